The largest absolute Gasteiger partial charge is 0.345 e. The van der Waals surface area contributed by atoms with Gasteiger partial charge in [-0.2, -0.15) is 0 Å². The van der Waals surface area contributed by atoms with Crippen molar-refractivity contribution in [1.29, 1.82) is 0 Å². The molecule has 0 spiro atoms. The third kappa shape index (κ3) is 8.53. The van der Waals surface area contributed by atoms with E-state index >= 15 is 0 Å². The predicted molar refractivity (Wildman–Crippen MR) is 46.8 cm³/mol. The maximum absolute atomic E-state index is 8.79. The van der Waals surface area contributed by atoms with Gasteiger partial charge in [-0.05, 0) is 38.9 Å². The van der Waals surface area contributed by atoms with Crippen molar-refractivity contribution in [2.75, 3.05) is 26.8 Å². The van der Waals surface area contributed by atoms with Gasteiger partial charge in [0, 0.05) is 6.16 Å². The summed E-state index contributed by atoms with van der Waals surface area (Å²) in [6.45, 7) is -2.05. The first-order valence-electron chi connectivity index (χ1n) is 3.11. The summed E-state index contributed by atoms with van der Waals surface area (Å²) in [6.07, 6.45) is 1.12. The van der Waals surface area contributed by atoms with Gasteiger partial charge in [-0.3, -0.25) is 0 Å². The van der Waals surface area contributed by atoms with E-state index in [0.717, 1.165) is 13.0 Å². The Morgan fingerprint density at radius 1 is 1.40 bits per heavy atom. The molecular formula is C5H14NO2PS. The average Bonchev–Trinajstić information content (AvgIpc) is 1.59. The minimum absolute atomic E-state index is 0.362. The molecule has 0 saturated heterocycles. The number of rotatable bonds is 4. The van der Waals surface area contributed by atoms with Crippen LogP contribution in [0.4, 0.5) is 0 Å². The quantitative estimate of drug-likeness (QED) is 0.612. The molecule has 3 nitrogen and oxygen atoms in total. The second-order valence-corrected chi connectivity index (χ2v) is 6.08. The summed E-state index contributed by atoms with van der Waals surface area (Å²) in [5.41, 5.74) is 0. The van der Waals surface area contributed by atoms with Gasteiger partial charge in [0.1, 0.15) is 0 Å². The van der Waals surface area contributed by atoms with E-state index in [2.05, 4.69) is 11.8 Å². The molecule has 2 N–H and O–H groups in total. The van der Waals surface area contributed by atoms with E-state index in [1.807, 2.05) is 19.0 Å². The van der Waals surface area contributed by atoms with Crippen LogP contribution in [0.2, 0.25) is 0 Å². The van der Waals surface area contributed by atoms with E-state index in [4.69, 9.17) is 9.79 Å². The summed E-state index contributed by atoms with van der Waals surface area (Å²) in [5.74, 6) is 0. The number of hydrogen-bond donors (Lipinski definition) is 2. The zero-order valence-corrected chi connectivity index (χ0v) is 8.03. The van der Waals surface area contributed by atoms with Crippen LogP contribution in [-0.4, -0.2) is 41.5 Å². The normalized spacial score (nSPS) is 12.5. The summed E-state index contributed by atoms with van der Waals surface area (Å²) in [7, 11) is 3.89. The van der Waals surface area contributed by atoms with Crippen LogP contribution in [-0.2, 0) is 11.8 Å². The van der Waals surface area contributed by atoms with Crippen molar-refractivity contribution < 1.29 is 9.79 Å². The Morgan fingerprint density at radius 2 is 1.90 bits per heavy atom. The third-order valence-corrected chi connectivity index (χ3v) is 2.50. The molecule has 0 aliphatic carbocycles. The smallest absolute Gasteiger partial charge is 0.183 e. The summed E-state index contributed by atoms with van der Waals surface area (Å²) < 4.78 is 0. The average molecular weight is 183 g/mol. The van der Waals surface area contributed by atoms with E-state index in [1.54, 1.807) is 0 Å². The molecule has 0 aromatic carbocycles. The van der Waals surface area contributed by atoms with Crippen LogP contribution in [0, 0.1) is 0 Å². The zero-order valence-electron chi connectivity index (χ0n) is 6.32. The maximum Gasteiger partial charge on any atom is 0.183 e. The van der Waals surface area contributed by atoms with Gasteiger partial charge in [0.2, 0.25) is 0 Å². The fourth-order valence-corrected chi connectivity index (χ4v) is 1.53. The highest BCUT2D eigenvalue weighted by Gasteiger charge is 2.05. The van der Waals surface area contributed by atoms with Crippen LogP contribution < -0.4 is 0 Å². The molecule has 10 heavy (non-hydrogen) atoms. The highest BCUT2D eigenvalue weighted by molar-refractivity contribution is 8.09. The van der Waals surface area contributed by atoms with Gasteiger partial charge in [-0.15, -0.1) is 0 Å². The van der Waals surface area contributed by atoms with Crippen molar-refractivity contribution in [2.24, 2.45) is 0 Å². The Labute approximate surface area is 66.8 Å². The van der Waals surface area contributed by atoms with Gasteiger partial charge in [0.05, 0.1) is 0 Å². The summed E-state index contributed by atoms with van der Waals surface area (Å²) in [5, 5.41) is 0. The molecule has 0 amide bonds. The molecule has 62 valence electrons. The molecule has 0 atom stereocenters. The Hall–Kier alpha value is 0.530. The van der Waals surface area contributed by atoms with Crippen LogP contribution in [0.1, 0.15) is 6.42 Å². The first-order chi connectivity index (χ1) is 4.42. The highest BCUT2D eigenvalue weighted by atomic mass is 32.5. The topological polar surface area (TPSA) is 43.7 Å². The van der Waals surface area contributed by atoms with Crippen molar-refractivity contribution in [3.63, 3.8) is 0 Å². The molecule has 0 radical (unpaired) electrons. The van der Waals surface area contributed by atoms with E-state index in [0.29, 0.717) is 6.16 Å². The molecule has 0 unspecified atom stereocenters. The Bertz CT molecular complexity index is 134. The molecule has 0 aliphatic rings. The second-order valence-electron chi connectivity index (χ2n) is 2.55. The lowest BCUT2D eigenvalue weighted by Gasteiger charge is -2.10. The maximum atomic E-state index is 8.79. The lowest BCUT2D eigenvalue weighted by molar-refractivity contribution is 0.402. The molecule has 0 fully saturated rings. The fraction of sp³-hybridized carbons (Fsp3) is 1.00. The van der Waals surface area contributed by atoms with Crippen molar-refractivity contribution >= 4 is 18.3 Å². The minimum Gasteiger partial charge on any atom is -0.345 e. The highest BCUT2D eigenvalue weighted by Crippen LogP contribution is 2.35. The predicted octanol–water partition coefficient (Wildman–Crippen LogP) is 0.232. The summed E-state index contributed by atoms with van der Waals surface area (Å²) in [6, 6.07) is 0. The monoisotopic (exact) mass is 183 g/mol. The van der Waals surface area contributed by atoms with Crippen LogP contribution in [0.15, 0.2) is 0 Å². The van der Waals surface area contributed by atoms with Crippen LogP contribution in [0.25, 0.3) is 0 Å². The van der Waals surface area contributed by atoms with Crippen molar-refractivity contribution in [2.45, 2.75) is 6.42 Å². The zero-order chi connectivity index (χ0) is 8.20. The van der Waals surface area contributed by atoms with Crippen molar-refractivity contribution in [3.05, 3.63) is 0 Å². The Kier molecular flexibility index (Phi) is 4.65. The standard InChI is InChI=1S/C5H14NO2PS/c1-6(2)4-3-5-9(7,8)10/h3-5H2,1-2H3,(H2,7,8,10). The van der Waals surface area contributed by atoms with Crippen molar-refractivity contribution in [3.8, 4) is 0 Å². The Morgan fingerprint density at radius 3 is 2.20 bits per heavy atom. The van der Waals surface area contributed by atoms with Gasteiger partial charge in [-0.1, -0.05) is 0 Å². The molecule has 0 bridgehead atoms. The molecule has 0 aromatic rings. The Balaban J connectivity index is 3.30. The molecule has 0 rings (SSSR count). The molecular weight excluding hydrogens is 169 g/mol. The van der Waals surface area contributed by atoms with Gasteiger partial charge >= 0.3 is 0 Å². The lowest BCUT2D eigenvalue weighted by atomic mass is 10.5. The first-order valence-corrected chi connectivity index (χ1v) is 6.00. The fourth-order valence-electron chi connectivity index (χ4n) is 0.593. The van der Waals surface area contributed by atoms with Gasteiger partial charge in [0.25, 0.3) is 0 Å². The van der Waals surface area contributed by atoms with E-state index < -0.39 is 6.49 Å². The molecule has 0 aromatic heterocycles. The SMILES string of the molecule is CN(C)CCCP(O)(O)=S. The van der Waals surface area contributed by atoms with Crippen LogP contribution in [0.5, 0.6) is 0 Å². The third-order valence-electron chi connectivity index (χ3n) is 1.05. The first kappa shape index (κ1) is 10.5. The van der Waals surface area contributed by atoms with E-state index in [1.165, 1.54) is 0 Å². The van der Waals surface area contributed by atoms with Crippen LogP contribution in [0.3, 0.4) is 0 Å². The van der Waals surface area contributed by atoms with Gasteiger partial charge in [0.15, 0.2) is 6.49 Å². The number of nitrogens with zero attached hydrogens (tertiary/aromatic N) is 1. The molecule has 0 heterocycles. The lowest BCUT2D eigenvalue weighted by Crippen LogP contribution is -2.13. The van der Waals surface area contributed by atoms with Crippen molar-refractivity contribution in [1.82, 2.24) is 4.90 Å². The molecule has 0 saturated carbocycles. The van der Waals surface area contributed by atoms with E-state index in [-0.39, 0.29) is 0 Å². The van der Waals surface area contributed by atoms with Crippen LogP contribution >= 0.6 is 6.49 Å². The van der Waals surface area contributed by atoms with E-state index in [9.17, 15) is 0 Å². The molecule has 5 heteroatoms. The second kappa shape index (κ2) is 4.42. The molecule has 0 aliphatic heterocycles. The van der Waals surface area contributed by atoms with Gasteiger partial charge in [-0.25, -0.2) is 0 Å². The summed E-state index contributed by atoms with van der Waals surface area (Å²) in [4.78, 5) is 19.6. The minimum atomic E-state index is -2.92. The van der Waals surface area contributed by atoms with Gasteiger partial charge < -0.3 is 14.7 Å². The number of hydrogen-bond acceptors (Lipinski definition) is 2. The summed E-state index contributed by atoms with van der Waals surface area (Å²) >= 11 is 4.44.